The number of amides is 2. The fraction of sp³-hybridized carbons (Fsp3) is 0.500. The van der Waals surface area contributed by atoms with Crippen molar-refractivity contribution in [2.45, 2.75) is 38.3 Å². The van der Waals surface area contributed by atoms with Gasteiger partial charge in [0.15, 0.2) is 5.82 Å². The zero-order valence-electron chi connectivity index (χ0n) is 16.6. The highest BCUT2D eigenvalue weighted by Gasteiger charge is 2.42. The van der Waals surface area contributed by atoms with Crippen LogP contribution in [0.1, 0.15) is 41.3 Å². The molecule has 2 saturated heterocycles. The highest BCUT2D eigenvalue weighted by Crippen LogP contribution is 2.32. The average Bonchev–Trinajstić information content (AvgIpc) is 3.06. The molecule has 3 heterocycles. The van der Waals surface area contributed by atoms with Crippen LogP contribution in [0.25, 0.3) is 0 Å². The van der Waals surface area contributed by atoms with Gasteiger partial charge in [0, 0.05) is 13.1 Å². The van der Waals surface area contributed by atoms with Crippen molar-refractivity contribution in [2.24, 2.45) is 0 Å². The van der Waals surface area contributed by atoms with Gasteiger partial charge in [-0.25, -0.2) is 4.39 Å². The van der Waals surface area contributed by atoms with Crippen LogP contribution < -0.4 is 0 Å². The van der Waals surface area contributed by atoms with Gasteiger partial charge in [-0.05, 0) is 31.9 Å². The van der Waals surface area contributed by atoms with Gasteiger partial charge in [0.1, 0.15) is 12.4 Å². The normalized spacial score (nSPS) is 19.2. The number of rotatable bonds is 3. The molecule has 10 heteroatoms. The van der Waals surface area contributed by atoms with Gasteiger partial charge in [-0.15, -0.1) is 0 Å². The van der Waals surface area contributed by atoms with Crippen LogP contribution in [-0.4, -0.2) is 63.6 Å². The van der Waals surface area contributed by atoms with E-state index < -0.39 is 17.3 Å². The molecule has 30 heavy (non-hydrogen) atoms. The molecule has 0 aliphatic carbocycles. The van der Waals surface area contributed by atoms with Gasteiger partial charge < -0.3 is 19.1 Å². The van der Waals surface area contributed by atoms with Gasteiger partial charge in [-0.2, -0.15) is 4.98 Å². The number of benzene rings is 1. The van der Waals surface area contributed by atoms with Crippen molar-refractivity contribution in [1.29, 1.82) is 0 Å². The number of halogens is 2. The minimum absolute atomic E-state index is 0.0422. The summed E-state index contributed by atoms with van der Waals surface area (Å²) in [6.07, 6.45) is 1.32. The SMILES string of the molecule is Cc1noc(CN2CC3(CCN(C(=O)c4c(F)cccc4Cl)CC3)OCCC2=O)n1. The number of likely N-dealkylation sites (tertiary alicyclic amines) is 1. The summed E-state index contributed by atoms with van der Waals surface area (Å²) < 4.78 is 25.4. The topological polar surface area (TPSA) is 88.8 Å². The number of aromatic nitrogens is 2. The van der Waals surface area contributed by atoms with Crippen LogP contribution in [0.3, 0.4) is 0 Å². The van der Waals surface area contributed by atoms with E-state index in [4.69, 9.17) is 20.9 Å². The molecule has 0 N–H and O–H groups in total. The van der Waals surface area contributed by atoms with Gasteiger partial charge in [0.25, 0.3) is 5.91 Å². The number of nitrogens with zero attached hydrogens (tertiary/aromatic N) is 4. The smallest absolute Gasteiger partial charge is 0.258 e. The maximum atomic E-state index is 14.1. The van der Waals surface area contributed by atoms with Crippen LogP contribution in [0, 0.1) is 12.7 Å². The molecule has 2 amide bonds. The molecule has 1 aromatic carbocycles. The third-order valence-electron chi connectivity index (χ3n) is 5.59. The number of hydrogen-bond donors (Lipinski definition) is 0. The van der Waals surface area contributed by atoms with Crippen LogP contribution >= 0.6 is 11.6 Å². The van der Waals surface area contributed by atoms with Crippen molar-refractivity contribution in [2.75, 3.05) is 26.2 Å². The summed E-state index contributed by atoms with van der Waals surface area (Å²) in [5, 5.41) is 3.86. The fourth-order valence-electron chi connectivity index (χ4n) is 3.99. The predicted molar refractivity (Wildman–Crippen MR) is 104 cm³/mol. The van der Waals surface area contributed by atoms with Crippen molar-refractivity contribution in [3.63, 3.8) is 0 Å². The minimum Gasteiger partial charge on any atom is -0.372 e. The number of ether oxygens (including phenoxy) is 1. The molecule has 2 aliphatic rings. The Bertz CT molecular complexity index is 938. The first-order valence-corrected chi connectivity index (χ1v) is 10.2. The Morgan fingerprint density at radius 2 is 2.10 bits per heavy atom. The molecule has 160 valence electrons. The van der Waals surface area contributed by atoms with Crippen molar-refractivity contribution in [3.05, 3.63) is 46.3 Å². The van der Waals surface area contributed by atoms with Crippen molar-refractivity contribution in [3.8, 4) is 0 Å². The third kappa shape index (κ3) is 4.17. The van der Waals surface area contributed by atoms with E-state index in [1.165, 1.54) is 18.2 Å². The Kier molecular flexibility index (Phi) is 5.75. The molecule has 2 aromatic rings. The molecule has 2 fully saturated rings. The Morgan fingerprint density at radius 1 is 1.33 bits per heavy atom. The zero-order valence-corrected chi connectivity index (χ0v) is 17.3. The second kappa shape index (κ2) is 8.31. The third-order valence-corrected chi connectivity index (χ3v) is 5.91. The van der Waals surface area contributed by atoms with E-state index in [0.717, 1.165) is 0 Å². The Morgan fingerprint density at radius 3 is 2.77 bits per heavy atom. The Hall–Kier alpha value is -2.52. The van der Waals surface area contributed by atoms with Crippen LogP contribution in [-0.2, 0) is 16.1 Å². The number of piperidine rings is 1. The first-order chi connectivity index (χ1) is 14.4. The molecular weight excluding hydrogens is 415 g/mol. The maximum absolute atomic E-state index is 14.1. The van der Waals surface area contributed by atoms with Gasteiger partial charge >= 0.3 is 0 Å². The lowest BCUT2D eigenvalue weighted by Crippen LogP contribution is -2.53. The van der Waals surface area contributed by atoms with Gasteiger partial charge in [0.2, 0.25) is 11.8 Å². The summed E-state index contributed by atoms with van der Waals surface area (Å²) in [7, 11) is 0. The Labute approximate surface area is 177 Å². The molecule has 0 atom stereocenters. The molecule has 0 radical (unpaired) electrons. The standard InChI is InChI=1S/C20H22ClFN4O4/c1-13-23-16(30-24-13)11-26-12-20(29-10-5-17(26)27)6-8-25(9-7-20)19(28)18-14(21)3-2-4-15(18)22/h2-4H,5-12H2,1H3. The first-order valence-electron chi connectivity index (χ1n) is 9.81. The van der Waals surface area contributed by atoms with Gasteiger partial charge in [-0.1, -0.05) is 22.8 Å². The predicted octanol–water partition coefficient (Wildman–Crippen LogP) is 2.59. The van der Waals surface area contributed by atoms with E-state index in [9.17, 15) is 14.0 Å². The Balaban J connectivity index is 1.45. The summed E-state index contributed by atoms with van der Waals surface area (Å²) in [4.78, 5) is 32.8. The van der Waals surface area contributed by atoms with Gasteiger partial charge in [0.05, 0.1) is 35.8 Å². The molecule has 1 spiro atoms. The molecule has 2 aliphatic heterocycles. The van der Waals surface area contributed by atoms with Crippen LogP contribution in [0.15, 0.2) is 22.7 Å². The summed E-state index contributed by atoms with van der Waals surface area (Å²) >= 11 is 6.05. The highest BCUT2D eigenvalue weighted by molar-refractivity contribution is 6.33. The summed E-state index contributed by atoms with van der Waals surface area (Å²) in [5.74, 6) is -0.225. The van der Waals surface area contributed by atoms with E-state index in [0.29, 0.717) is 50.8 Å². The first kappa shape index (κ1) is 20.7. The van der Waals surface area contributed by atoms with Crippen LogP contribution in [0.4, 0.5) is 4.39 Å². The number of carbonyl (C=O) groups is 2. The minimum atomic E-state index is -0.634. The number of carbonyl (C=O) groups excluding carboxylic acids is 2. The van der Waals surface area contributed by atoms with Crippen molar-refractivity contribution >= 4 is 23.4 Å². The van der Waals surface area contributed by atoms with Crippen LogP contribution in [0.5, 0.6) is 0 Å². The monoisotopic (exact) mass is 436 g/mol. The molecular formula is C20H22ClFN4O4. The fourth-order valence-corrected chi connectivity index (χ4v) is 4.23. The van der Waals surface area contributed by atoms with Crippen molar-refractivity contribution < 1.29 is 23.2 Å². The maximum Gasteiger partial charge on any atom is 0.258 e. The lowest BCUT2D eigenvalue weighted by Gasteiger charge is -2.42. The lowest BCUT2D eigenvalue weighted by atomic mass is 9.90. The van der Waals surface area contributed by atoms with E-state index in [1.807, 2.05) is 0 Å². The van der Waals surface area contributed by atoms with E-state index in [1.54, 1.807) is 16.7 Å². The lowest BCUT2D eigenvalue weighted by molar-refractivity contribution is -0.132. The van der Waals surface area contributed by atoms with Crippen molar-refractivity contribution in [1.82, 2.24) is 19.9 Å². The summed E-state index contributed by atoms with van der Waals surface area (Å²) in [6, 6.07) is 4.19. The van der Waals surface area contributed by atoms with E-state index in [2.05, 4.69) is 10.1 Å². The molecule has 0 saturated carbocycles. The summed E-state index contributed by atoms with van der Waals surface area (Å²) in [5.41, 5.74) is -0.683. The average molecular weight is 437 g/mol. The largest absolute Gasteiger partial charge is 0.372 e. The molecule has 8 nitrogen and oxygen atoms in total. The molecule has 0 bridgehead atoms. The zero-order chi connectivity index (χ0) is 21.3. The molecule has 4 rings (SSSR count). The van der Waals surface area contributed by atoms with E-state index in [-0.39, 0.29) is 29.5 Å². The number of aryl methyl sites for hydroxylation is 1. The highest BCUT2D eigenvalue weighted by atomic mass is 35.5. The summed E-state index contributed by atoms with van der Waals surface area (Å²) in [6.45, 7) is 3.38. The number of hydrogen-bond acceptors (Lipinski definition) is 6. The van der Waals surface area contributed by atoms with E-state index >= 15 is 0 Å². The quantitative estimate of drug-likeness (QED) is 0.734. The van der Waals surface area contributed by atoms with Gasteiger partial charge in [-0.3, -0.25) is 9.59 Å². The molecule has 0 unspecified atom stereocenters. The second-order valence-corrected chi connectivity index (χ2v) is 8.06. The van der Waals surface area contributed by atoms with Crippen LogP contribution in [0.2, 0.25) is 5.02 Å². The molecule has 1 aromatic heterocycles. The second-order valence-electron chi connectivity index (χ2n) is 7.66.